The number of amides is 1. The molecule has 1 amide bonds. The highest BCUT2D eigenvalue weighted by atomic mass is 35.5. The molecule has 0 bridgehead atoms. The lowest BCUT2D eigenvalue weighted by molar-refractivity contribution is -0.134. The highest BCUT2D eigenvalue weighted by Crippen LogP contribution is 2.32. The third-order valence-corrected chi connectivity index (χ3v) is 5.08. The van der Waals surface area contributed by atoms with Gasteiger partial charge in [0.15, 0.2) is 0 Å². The molecule has 7 heteroatoms. The summed E-state index contributed by atoms with van der Waals surface area (Å²) in [5.41, 5.74) is 0. The molecule has 2 fully saturated rings. The number of carbonyl (C=O) groups excluding carboxylic acids is 1. The van der Waals surface area contributed by atoms with Gasteiger partial charge < -0.3 is 14.5 Å². The van der Waals surface area contributed by atoms with Crippen LogP contribution in [0.5, 0.6) is 11.6 Å². The van der Waals surface area contributed by atoms with Gasteiger partial charge in [-0.1, -0.05) is 11.6 Å². The first-order valence-corrected chi connectivity index (χ1v) is 9.29. The third kappa shape index (κ3) is 3.75. The summed E-state index contributed by atoms with van der Waals surface area (Å²) in [6.07, 6.45) is 3.60. The van der Waals surface area contributed by atoms with Crippen molar-refractivity contribution in [3.8, 4) is 11.6 Å². The van der Waals surface area contributed by atoms with Gasteiger partial charge in [-0.25, -0.2) is 9.97 Å². The average Bonchev–Trinajstić information content (AvgIpc) is 3.48. The van der Waals surface area contributed by atoms with Gasteiger partial charge in [-0.3, -0.25) is 4.79 Å². The predicted molar refractivity (Wildman–Crippen MR) is 99.7 cm³/mol. The Balaban J connectivity index is 1.43. The fourth-order valence-electron chi connectivity index (χ4n) is 3.24. The van der Waals surface area contributed by atoms with Crippen molar-refractivity contribution >= 4 is 23.3 Å². The van der Waals surface area contributed by atoms with Crippen LogP contribution < -0.4 is 9.64 Å². The molecule has 1 saturated carbocycles. The molecular formula is C19H21ClN4O2. The van der Waals surface area contributed by atoms with E-state index < -0.39 is 0 Å². The van der Waals surface area contributed by atoms with Crippen molar-refractivity contribution in [1.29, 1.82) is 0 Å². The molecule has 1 unspecified atom stereocenters. The number of piperazine rings is 1. The van der Waals surface area contributed by atoms with Gasteiger partial charge in [0.25, 0.3) is 0 Å². The van der Waals surface area contributed by atoms with Crippen molar-refractivity contribution in [3.63, 3.8) is 0 Å². The highest BCUT2D eigenvalue weighted by molar-refractivity contribution is 6.30. The van der Waals surface area contributed by atoms with Crippen LogP contribution in [0, 0.1) is 5.92 Å². The number of ether oxygens (including phenoxy) is 1. The minimum Gasteiger partial charge on any atom is -0.439 e. The molecule has 0 radical (unpaired) electrons. The Labute approximate surface area is 157 Å². The second-order valence-electron chi connectivity index (χ2n) is 6.87. The predicted octanol–water partition coefficient (Wildman–Crippen LogP) is 3.37. The van der Waals surface area contributed by atoms with Crippen LogP contribution in [0.4, 0.5) is 5.82 Å². The van der Waals surface area contributed by atoms with E-state index in [0.29, 0.717) is 22.6 Å². The van der Waals surface area contributed by atoms with E-state index in [0.717, 1.165) is 38.3 Å². The van der Waals surface area contributed by atoms with Crippen LogP contribution in [0.1, 0.15) is 19.8 Å². The summed E-state index contributed by atoms with van der Waals surface area (Å²) in [7, 11) is 0. The molecule has 0 N–H and O–H groups in total. The molecular weight excluding hydrogens is 352 g/mol. The van der Waals surface area contributed by atoms with E-state index in [1.165, 1.54) is 6.33 Å². The second-order valence-corrected chi connectivity index (χ2v) is 7.31. The normalized spacial score (nSPS) is 20.2. The van der Waals surface area contributed by atoms with Gasteiger partial charge >= 0.3 is 0 Å². The first-order valence-electron chi connectivity index (χ1n) is 8.91. The van der Waals surface area contributed by atoms with Crippen LogP contribution in [-0.2, 0) is 4.79 Å². The van der Waals surface area contributed by atoms with Gasteiger partial charge in [0.2, 0.25) is 11.8 Å². The van der Waals surface area contributed by atoms with Gasteiger partial charge in [-0.2, -0.15) is 0 Å². The van der Waals surface area contributed by atoms with Crippen LogP contribution in [-0.4, -0.2) is 46.5 Å². The molecule has 0 spiro atoms. The second kappa shape index (κ2) is 7.11. The summed E-state index contributed by atoms with van der Waals surface area (Å²) in [4.78, 5) is 25.1. The quantitative estimate of drug-likeness (QED) is 0.823. The number of benzene rings is 1. The van der Waals surface area contributed by atoms with Crippen molar-refractivity contribution in [3.05, 3.63) is 41.7 Å². The number of carbonyl (C=O) groups is 1. The zero-order valence-corrected chi connectivity index (χ0v) is 15.4. The Morgan fingerprint density at radius 2 is 1.96 bits per heavy atom. The maximum absolute atomic E-state index is 12.3. The fourth-order valence-corrected chi connectivity index (χ4v) is 3.37. The van der Waals surface area contributed by atoms with Gasteiger partial charge in [0.05, 0.1) is 0 Å². The van der Waals surface area contributed by atoms with Crippen LogP contribution in [0.15, 0.2) is 36.7 Å². The van der Waals surface area contributed by atoms with E-state index in [1.54, 1.807) is 24.3 Å². The van der Waals surface area contributed by atoms with E-state index in [4.69, 9.17) is 16.3 Å². The molecule has 6 nitrogen and oxygen atoms in total. The summed E-state index contributed by atoms with van der Waals surface area (Å²) in [5, 5.41) is 0.660. The maximum atomic E-state index is 12.3. The number of halogens is 1. The summed E-state index contributed by atoms with van der Waals surface area (Å²) in [6.45, 7) is 4.35. The standard InChI is InChI=1S/C19H21ClN4O2/c1-13-11-23(8-9-24(13)19(25)14-2-3-14)17-10-18(22-12-21-17)26-16-6-4-15(20)5-7-16/h4-7,10,12-14H,2-3,8-9,11H2,1H3. The van der Waals surface area contributed by atoms with Gasteiger partial charge in [-0.05, 0) is 44.0 Å². The minimum atomic E-state index is 0.174. The van der Waals surface area contributed by atoms with Crippen molar-refractivity contribution < 1.29 is 9.53 Å². The zero-order valence-electron chi connectivity index (χ0n) is 14.6. The Kier molecular flexibility index (Phi) is 4.68. The van der Waals surface area contributed by atoms with Gasteiger partial charge in [-0.15, -0.1) is 0 Å². The van der Waals surface area contributed by atoms with Gasteiger partial charge in [0.1, 0.15) is 17.9 Å². The molecule has 1 saturated heterocycles. The molecule has 2 aromatic rings. The van der Waals surface area contributed by atoms with Crippen molar-refractivity contribution in [2.24, 2.45) is 5.92 Å². The number of anilines is 1. The van der Waals surface area contributed by atoms with Crippen molar-refractivity contribution in [2.45, 2.75) is 25.8 Å². The Hall–Kier alpha value is -2.34. The summed E-state index contributed by atoms with van der Waals surface area (Å²) in [6, 6.07) is 9.16. The number of nitrogens with zero attached hydrogens (tertiary/aromatic N) is 4. The number of rotatable bonds is 4. The molecule has 4 rings (SSSR count). The molecule has 1 aliphatic heterocycles. The maximum Gasteiger partial charge on any atom is 0.226 e. The van der Waals surface area contributed by atoms with E-state index in [-0.39, 0.29) is 12.0 Å². The monoisotopic (exact) mass is 372 g/mol. The van der Waals surface area contributed by atoms with Crippen molar-refractivity contribution in [1.82, 2.24) is 14.9 Å². The first kappa shape index (κ1) is 17.1. The Morgan fingerprint density at radius 3 is 2.65 bits per heavy atom. The summed E-state index contributed by atoms with van der Waals surface area (Å²) < 4.78 is 5.79. The van der Waals surface area contributed by atoms with E-state index in [1.807, 2.05) is 11.0 Å². The van der Waals surface area contributed by atoms with Gasteiger partial charge in [0, 0.05) is 42.7 Å². The fraction of sp³-hybridized carbons (Fsp3) is 0.421. The largest absolute Gasteiger partial charge is 0.439 e. The molecule has 1 atom stereocenters. The Morgan fingerprint density at radius 1 is 1.19 bits per heavy atom. The molecule has 2 heterocycles. The average molecular weight is 373 g/mol. The molecule has 1 aliphatic carbocycles. The summed E-state index contributed by atoms with van der Waals surface area (Å²) >= 11 is 5.90. The van der Waals surface area contributed by atoms with E-state index in [2.05, 4.69) is 21.8 Å². The minimum absolute atomic E-state index is 0.174. The highest BCUT2D eigenvalue weighted by Gasteiger charge is 2.37. The molecule has 1 aromatic heterocycles. The molecule has 1 aromatic carbocycles. The number of hydrogen-bond donors (Lipinski definition) is 0. The number of aromatic nitrogens is 2. The van der Waals surface area contributed by atoms with Crippen LogP contribution in [0.25, 0.3) is 0 Å². The smallest absolute Gasteiger partial charge is 0.226 e. The van der Waals surface area contributed by atoms with Crippen LogP contribution in [0.2, 0.25) is 5.02 Å². The third-order valence-electron chi connectivity index (χ3n) is 4.82. The van der Waals surface area contributed by atoms with Crippen LogP contribution in [0.3, 0.4) is 0 Å². The lowest BCUT2D eigenvalue weighted by Crippen LogP contribution is -2.54. The first-order chi connectivity index (χ1) is 12.6. The molecule has 2 aliphatic rings. The number of hydrogen-bond acceptors (Lipinski definition) is 5. The lowest BCUT2D eigenvalue weighted by Gasteiger charge is -2.40. The summed E-state index contributed by atoms with van der Waals surface area (Å²) in [5.74, 6) is 2.55. The van der Waals surface area contributed by atoms with Crippen molar-refractivity contribution in [2.75, 3.05) is 24.5 Å². The lowest BCUT2D eigenvalue weighted by atomic mass is 10.1. The van der Waals surface area contributed by atoms with E-state index >= 15 is 0 Å². The Bertz CT molecular complexity index is 794. The molecule has 136 valence electrons. The zero-order chi connectivity index (χ0) is 18.1. The SMILES string of the molecule is CC1CN(c2cc(Oc3ccc(Cl)cc3)ncn2)CCN1C(=O)C1CC1. The molecule has 26 heavy (non-hydrogen) atoms. The topological polar surface area (TPSA) is 58.6 Å². The van der Waals surface area contributed by atoms with Crippen LogP contribution >= 0.6 is 11.6 Å². The van der Waals surface area contributed by atoms with E-state index in [9.17, 15) is 4.79 Å².